The molecule has 1 saturated heterocycles. The van der Waals surface area contributed by atoms with Gasteiger partial charge in [-0.1, -0.05) is 39.0 Å². The van der Waals surface area contributed by atoms with E-state index in [1.165, 1.54) is 25.7 Å². The number of hydrogen-bond donors (Lipinski definition) is 2. The SMILES string of the molecule is CCCCCCCC[C@H]1OC(=O)C2=C1[C@@H](O)[C@@H]1O[C@@H]1[C@@H]2O. The van der Waals surface area contributed by atoms with Crippen molar-refractivity contribution in [2.45, 2.75) is 82.4 Å². The van der Waals surface area contributed by atoms with Gasteiger partial charge in [0.25, 0.3) is 0 Å². The Labute approximate surface area is 124 Å². The van der Waals surface area contributed by atoms with E-state index in [9.17, 15) is 15.0 Å². The summed E-state index contributed by atoms with van der Waals surface area (Å²) in [6, 6.07) is 0. The van der Waals surface area contributed by atoms with Gasteiger partial charge in [0, 0.05) is 5.57 Å². The number of rotatable bonds is 7. The second-order valence-corrected chi connectivity index (χ2v) is 6.27. The maximum atomic E-state index is 11.9. The van der Waals surface area contributed by atoms with E-state index >= 15 is 0 Å². The third kappa shape index (κ3) is 2.74. The van der Waals surface area contributed by atoms with Gasteiger partial charge in [0.1, 0.15) is 30.5 Å². The smallest absolute Gasteiger partial charge is 0.337 e. The Bertz CT molecular complexity index is 444. The van der Waals surface area contributed by atoms with E-state index in [4.69, 9.17) is 9.47 Å². The van der Waals surface area contributed by atoms with E-state index < -0.39 is 24.3 Å². The van der Waals surface area contributed by atoms with E-state index in [2.05, 4.69) is 6.92 Å². The van der Waals surface area contributed by atoms with Crippen LogP contribution in [0.3, 0.4) is 0 Å². The van der Waals surface area contributed by atoms with E-state index in [0.29, 0.717) is 5.57 Å². The van der Waals surface area contributed by atoms with Crippen LogP contribution in [0.25, 0.3) is 0 Å². The molecule has 0 spiro atoms. The van der Waals surface area contributed by atoms with Crippen LogP contribution in [-0.4, -0.2) is 46.7 Å². The van der Waals surface area contributed by atoms with Crippen molar-refractivity contribution in [1.82, 2.24) is 0 Å². The number of carbonyl (C=O) groups is 1. The second kappa shape index (κ2) is 6.07. The minimum Gasteiger partial charge on any atom is -0.454 e. The number of epoxide rings is 1. The van der Waals surface area contributed by atoms with Gasteiger partial charge in [-0.25, -0.2) is 4.79 Å². The molecule has 0 unspecified atom stereocenters. The zero-order valence-corrected chi connectivity index (χ0v) is 12.5. The Balaban J connectivity index is 1.56. The van der Waals surface area contributed by atoms with Crippen LogP contribution >= 0.6 is 0 Å². The molecule has 0 aromatic rings. The highest BCUT2D eigenvalue weighted by molar-refractivity contribution is 5.94. The average molecular weight is 296 g/mol. The van der Waals surface area contributed by atoms with Gasteiger partial charge in [-0.05, 0) is 12.8 Å². The summed E-state index contributed by atoms with van der Waals surface area (Å²) in [6.07, 6.45) is 4.81. The normalized spacial score (nSPS) is 37.3. The molecular weight excluding hydrogens is 272 g/mol. The van der Waals surface area contributed by atoms with E-state index in [1.807, 2.05) is 0 Å². The molecule has 0 aromatic carbocycles. The molecule has 2 heterocycles. The first kappa shape index (κ1) is 15.0. The predicted molar refractivity (Wildman–Crippen MR) is 75.6 cm³/mol. The molecule has 5 heteroatoms. The standard InChI is InChI=1S/C16H24O5/c1-2-3-4-5-6-7-8-9-10-11(16(19)20-9)13(18)15-14(21-15)12(10)17/h9,12-15,17-18H,2-8H2,1H3/t9-,12-,13-,14+,15-/m1/s1. The number of ether oxygens (including phenoxy) is 2. The molecule has 2 N–H and O–H groups in total. The van der Waals surface area contributed by atoms with Crippen LogP contribution in [0, 0.1) is 0 Å². The van der Waals surface area contributed by atoms with Gasteiger partial charge in [0.2, 0.25) is 0 Å². The summed E-state index contributed by atoms with van der Waals surface area (Å²) in [5.41, 5.74) is 0.817. The molecule has 5 nitrogen and oxygen atoms in total. The lowest BCUT2D eigenvalue weighted by Gasteiger charge is -2.21. The summed E-state index contributed by atoms with van der Waals surface area (Å²) in [7, 11) is 0. The molecule has 118 valence electrons. The van der Waals surface area contributed by atoms with Crippen LogP contribution in [0.2, 0.25) is 0 Å². The minimum absolute atomic E-state index is 0.247. The zero-order valence-electron chi connectivity index (χ0n) is 12.5. The number of aliphatic hydroxyl groups is 2. The highest BCUT2D eigenvalue weighted by Crippen LogP contribution is 2.45. The fraction of sp³-hybridized carbons (Fsp3) is 0.812. The third-order valence-corrected chi connectivity index (χ3v) is 4.75. The summed E-state index contributed by atoms with van der Waals surface area (Å²) in [5, 5.41) is 20.3. The molecule has 5 atom stereocenters. The quantitative estimate of drug-likeness (QED) is 0.422. The third-order valence-electron chi connectivity index (χ3n) is 4.75. The number of fused-ring (bicyclic) bond motifs is 1. The first-order valence-electron chi connectivity index (χ1n) is 8.11. The predicted octanol–water partition coefficient (Wildman–Crippen LogP) is 1.46. The van der Waals surface area contributed by atoms with Crippen molar-refractivity contribution in [2.75, 3.05) is 0 Å². The van der Waals surface area contributed by atoms with Crippen LogP contribution in [0.1, 0.15) is 51.9 Å². The highest BCUT2D eigenvalue weighted by atomic mass is 16.6. The molecule has 0 amide bonds. The van der Waals surface area contributed by atoms with Gasteiger partial charge in [0.05, 0.1) is 5.57 Å². The Morgan fingerprint density at radius 2 is 1.67 bits per heavy atom. The van der Waals surface area contributed by atoms with E-state index in [1.54, 1.807) is 0 Å². The van der Waals surface area contributed by atoms with Crippen molar-refractivity contribution in [2.24, 2.45) is 0 Å². The monoisotopic (exact) mass is 296 g/mol. The van der Waals surface area contributed by atoms with Gasteiger partial charge in [-0.2, -0.15) is 0 Å². The number of hydrogen-bond acceptors (Lipinski definition) is 5. The molecule has 0 aromatic heterocycles. The van der Waals surface area contributed by atoms with Crippen LogP contribution < -0.4 is 0 Å². The fourth-order valence-electron chi connectivity index (χ4n) is 3.50. The molecule has 3 rings (SSSR count). The van der Waals surface area contributed by atoms with E-state index in [-0.39, 0.29) is 17.8 Å². The van der Waals surface area contributed by atoms with Crippen LogP contribution in [0.5, 0.6) is 0 Å². The summed E-state index contributed by atoms with van der Waals surface area (Å²) in [5.74, 6) is -0.485. The largest absolute Gasteiger partial charge is 0.454 e. The molecular formula is C16H24O5. The maximum absolute atomic E-state index is 11.9. The molecule has 2 aliphatic heterocycles. The number of esters is 1. The molecule has 1 fully saturated rings. The zero-order chi connectivity index (χ0) is 15.0. The number of aliphatic hydroxyl groups excluding tert-OH is 2. The average Bonchev–Trinajstić information content (AvgIpc) is 3.20. The lowest BCUT2D eigenvalue weighted by atomic mass is 9.85. The number of cyclic esters (lactones) is 1. The van der Waals surface area contributed by atoms with Crippen LogP contribution in [0.4, 0.5) is 0 Å². The summed E-state index contributed by atoms with van der Waals surface area (Å²) in [4.78, 5) is 11.9. The Morgan fingerprint density at radius 3 is 2.43 bits per heavy atom. The van der Waals surface area contributed by atoms with Crippen molar-refractivity contribution in [1.29, 1.82) is 0 Å². The number of unbranched alkanes of at least 4 members (excludes halogenated alkanes) is 5. The van der Waals surface area contributed by atoms with Crippen LogP contribution in [-0.2, 0) is 14.3 Å². The molecule has 1 aliphatic carbocycles. The summed E-state index contributed by atoms with van der Waals surface area (Å²) in [6.45, 7) is 2.19. The lowest BCUT2D eigenvalue weighted by Crippen LogP contribution is -2.36. The van der Waals surface area contributed by atoms with Gasteiger partial charge in [0.15, 0.2) is 0 Å². The first-order chi connectivity index (χ1) is 10.1. The van der Waals surface area contributed by atoms with Gasteiger partial charge < -0.3 is 19.7 Å². The van der Waals surface area contributed by atoms with Crippen molar-refractivity contribution in [3.63, 3.8) is 0 Å². The molecule has 0 saturated carbocycles. The first-order valence-corrected chi connectivity index (χ1v) is 8.11. The Morgan fingerprint density at radius 1 is 1.00 bits per heavy atom. The van der Waals surface area contributed by atoms with Gasteiger partial charge >= 0.3 is 5.97 Å². The fourth-order valence-corrected chi connectivity index (χ4v) is 3.50. The number of carbonyl (C=O) groups excluding carboxylic acids is 1. The molecule has 0 radical (unpaired) electrons. The molecule has 0 bridgehead atoms. The van der Waals surface area contributed by atoms with Gasteiger partial charge in [-0.3, -0.25) is 0 Å². The topological polar surface area (TPSA) is 79.3 Å². The minimum atomic E-state index is -0.935. The highest BCUT2D eigenvalue weighted by Gasteiger charge is 2.60. The van der Waals surface area contributed by atoms with E-state index in [0.717, 1.165) is 19.3 Å². The van der Waals surface area contributed by atoms with Crippen molar-refractivity contribution in [3.8, 4) is 0 Å². The van der Waals surface area contributed by atoms with Crippen molar-refractivity contribution < 1.29 is 24.5 Å². The second-order valence-electron chi connectivity index (χ2n) is 6.27. The summed E-state index contributed by atoms with van der Waals surface area (Å²) < 4.78 is 10.6. The van der Waals surface area contributed by atoms with Crippen molar-refractivity contribution in [3.05, 3.63) is 11.1 Å². The summed E-state index contributed by atoms with van der Waals surface area (Å²) >= 11 is 0. The lowest BCUT2D eigenvalue weighted by molar-refractivity contribution is -0.141. The Hall–Kier alpha value is -0.910. The Kier molecular flexibility index (Phi) is 4.33. The van der Waals surface area contributed by atoms with Crippen molar-refractivity contribution >= 4 is 5.97 Å². The maximum Gasteiger partial charge on any atom is 0.337 e. The van der Waals surface area contributed by atoms with Crippen LogP contribution in [0.15, 0.2) is 11.1 Å². The molecule has 3 aliphatic rings. The molecule has 21 heavy (non-hydrogen) atoms. The van der Waals surface area contributed by atoms with Gasteiger partial charge in [-0.15, -0.1) is 0 Å².